The van der Waals surface area contributed by atoms with E-state index in [0.717, 1.165) is 10.0 Å². The summed E-state index contributed by atoms with van der Waals surface area (Å²) in [5.74, 6) is 0.227. The number of phenols is 1. The third-order valence-corrected chi connectivity index (χ3v) is 4.46. The van der Waals surface area contributed by atoms with E-state index < -0.39 is 0 Å². The van der Waals surface area contributed by atoms with Crippen LogP contribution >= 0.6 is 39.9 Å². The molecule has 18 heavy (non-hydrogen) atoms. The van der Waals surface area contributed by atoms with Gasteiger partial charge in [0, 0.05) is 10.0 Å². The summed E-state index contributed by atoms with van der Waals surface area (Å²) in [4.78, 5) is 11.7. The Morgan fingerprint density at radius 3 is 3.00 bits per heavy atom. The molecule has 0 bridgehead atoms. The predicted molar refractivity (Wildman–Crippen MR) is 82.0 cm³/mol. The van der Waals surface area contributed by atoms with Gasteiger partial charge in [0.05, 0.1) is 10.2 Å². The van der Waals surface area contributed by atoms with Crippen LogP contribution in [0.25, 0.3) is 6.08 Å². The Hall–Kier alpha value is -0.850. The van der Waals surface area contributed by atoms with Crippen LogP contribution in [0.2, 0.25) is 0 Å². The van der Waals surface area contributed by atoms with Gasteiger partial charge in [0.2, 0.25) is 0 Å². The summed E-state index contributed by atoms with van der Waals surface area (Å²) in [6.45, 7) is 0. The molecule has 0 saturated carbocycles. The van der Waals surface area contributed by atoms with Crippen LogP contribution in [0.3, 0.4) is 0 Å². The number of thioether (sulfide) groups is 1. The molecule has 1 aliphatic rings. The quantitative estimate of drug-likeness (QED) is 0.821. The van der Waals surface area contributed by atoms with Gasteiger partial charge >= 0.3 is 0 Å². The summed E-state index contributed by atoms with van der Waals surface area (Å²) < 4.78 is 0.905. The van der Waals surface area contributed by atoms with Crippen molar-refractivity contribution in [2.24, 2.45) is 0 Å². The van der Waals surface area contributed by atoms with E-state index in [9.17, 15) is 9.90 Å². The van der Waals surface area contributed by atoms with Crippen molar-refractivity contribution in [3.05, 3.63) is 34.3 Å². The van der Waals surface area contributed by atoms with E-state index >= 15 is 0 Å². The molecule has 0 spiro atoms. The zero-order valence-corrected chi connectivity index (χ0v) is 12.4. The lowest BCUT2D eigenvalue weighted by Gasteiger charge is -2.03. The average Bonchev–Trinajstić information content (AvgIpc) is 2.62. The Kier molecular flexibility index (Phi) is 4.42. The number of carbonyl (C=O) groups excluding carboxylic acids is 1. The van der Waals surface area contributed by atoms with Gasteiger partial charge in [-0.3, -0.25) is 4.79 Å². The number of aromatic hydroxyl groups is 1. The molecule has 0 aromatic heterocycles. The number of allylic oxidation sites excluding steroid dienone is 1. The van der Waals surface area contributed by atoms with Crippen LogP contribution in [0, 0.1) is 0 Å². The number of nitrogens with one attached hydrogen (secondary N) is 1. The topological polar surface area (TPSA) is 49.3 Å². The first kappa shape index (κ1) is 13.6. The molecule has 1 atom stereocenters. The first-order valence-corrected chi connectivity index (χ1v) is 7.31. The van der Waals surface area contributed by atoms with Gasteiger partial charge in [0.1, 0.15) is 5.75 Å². The van der Waals surface area contributed by atoms with Gasteiger partial charge in [-0.25, -0.2) is 0 Å². The number of benzene rings is 1. The number of rotatable bonds is 3. The second-order valence-corrected chi connectivity index (χ2v) is 6.26. The SMILES string of the molecule is O=C1NC(=S)C(CC=Cc2cc(Br)ccc2O)S1. The van der Waals surface area contributed by atoms with Crippen molar-refractivity contribution in [2.45, 2.75) is 11.7 Å². The fraction of sp³-hybridized carbons (Fsp3) is 0.167. The molecule has 6 heteroatoms. The molecule has 1 unspecified atom stereocenters. The fourth-order valence-electron chi connectivity index (χ4n) is 1.53. The minimum Gasteiger partial charge on any atom is -0.507 e. The van der Waals surface area contributed by atoms with Gasteiger partial charge in [-0.05, 0) is 24.6 Å². The third-order valence-electron chi connectivity index (χ3n) is 2.40. The van der Waals surface area contributed by atoms with E-state index in [-0.39, 0.29) is 16.2 Å². The van der Waals surface area contributed by atoms with E-state index in [1.54, 1.807) is 12.1 Å². The van der Waals surface area contributed by atoms with Crippen LogP contribution in [0.1, 0.15) is 12.0 Å². The van der Waals surface area contributed by atoms with Crippen molar-refractivity contribution >= 4 is 56.2 Å². The number of hydrogen-bond acceptors (Lipinski definition) is 4. The first-order valence-electron chi connectivity index (χ1n) is 5.23. The molecule has 94 valence electrons. The highest BCUT2D eigenvalue weighted by molar-refractivity contribution is 9.10. The number of phenolic OH excluding ortho intramolecular Hbond substituents is 1. The molecule has 2 N–H and O–H groups in total. The smallest absolute Gasteiger partial charge is 0.284 e. The zero-order valence-electron chi connectivity index (χ0n) is 9.22. The Bertz CT molecular complexity index is 531. The summed E-state index contributed by atoms with van der Waals surface area (Å²) >= 11 is 9.60. The molecule has 1 fully saturated rings. The Labute approximate surface area is 123 Å². The molecule has 1 aromatic rings. The Balaban J connectivity index is 2.01. The Morgan fingerprint density at radius 2 is 2.33 bits per heavy atom. The highest BCUT2D eigenvalue weighted by Gasteiger charge is 2.26. The molecular formula is C12H10BrNO2S2. The molecule has 1 heterocycles. The van der Waals surface area contributed by atoms with Crippen molar-refractivity contribution in [2.75, 3.05) is 0 Å². The monoisotopic (exact) mass is 343 g/mol. The van der Waals surface area contributed by atoms with E-state index in [1.807, 2.05) is 18.2 Å². The highest BCUT2D eigenvalue weighted by atomic mass is 79.9. The second kappa shape index (κ2) is 5.86. The van der Waals surface area contributed by atoms with Crippen molar-refractivity contribution in [1.82, 2.24) is 5.32 Å². The van der Waals surface area contributed by atoms with Gasteiger partial charge < -0.3 is 10.4 Å². The molecule has 0 radical (unpaired) electrons. The second-order valence-electron chi connectivity index (χ2n) is 3.72. The Morgan fingerprint density at radius 1 is 1.56 bits per heavy atom. The minimum absolute atomic E-state index is 0.00181. The highest BCUT2D eigenvalue weighted by Crippen LogP contribution is 2.26. The fourth-order valence-corrected chi connectivity index (χ4v) is 3.10. The summed E-state index contributed by atoms with van der Waals surface area (Å²) in [6, 6.07) is 5.23. The molecule has 0 aliphatic carbocycles. The van der Waals surface area contributed by atoms with E-state index in [1.165, 1.54) is 11.8 Å². The maximum Gasteiger partial charge on any atom is 0.284 e. The molecule has 1 saturated heterocycles. The van der Waals surface area contributed by atoms with Gasteiger partial charge in [0.15, 0.2) is 0 Å². The lowest BCUT2D eigenvalue weighted by Crippen LogP contribution is -2.21. The van der Waals surface area contributed by atoms with Gasteiger partial charge in [-0.2, -0.15) is 0 Å². The summed E-state index contributed by atoms with van der Waals surface area (Å²) in [5, 5.41) is 12.2. The maximum absolute atomic E-state index is 11.1. The van der Waals surface area contributed by atoms with Gasteiger partial charge in [-0.1, -0.05) is 52.1 Å². The summed E-state index contributed by atoms with van der Waals surface area (Å²) in [6.07, 6.45) is 4.39. The lowest BCUT2D eigenvalue weighted by molar-refractivity contribution is 0.265. The van der Waals surface area contributed by atoms with E-state index in [2.05, 4.69) is 21.2 Å². The first-order chi connectivity index (χ1) is 8.56. The predicted octanol–water partition coefficient (Wildman–Crippen LogP) is 3.71. The number of amides is 1. The van der Waals surface area contributed by atoms with Gasteiger partial charge in [-0.15, -0.1) is 0 Å². The molecule has 3 nitrogen and oxygen atoms in total. The molecular weight excluding hydrogens is 334 g/mol. The van der Waals surface area contributed by atoms with Crippen molar-refractivity contribution in [3.63, 3.8) is 0 Å². The van der Waals surface area contributed by atoms with Crippen LogP contribution < -0.4 is 5.32 Å². The normalized spacial score (nSPS) is 19.5. The summed E-state index contributed by atoms with van der Waals surface area (Å²) in [7, 11) is 0. The standard InChI is InChI=1S/C12H10BrNO2S2/c13-8-4-5-9(15)7(6-8)2-1-3-10-11(17)14-12(16)18-10/h1-2,4-6,10,15H,3H2,(H,14,16,17). The third kappa shape index (κ3) is 3.34. The van der Waals surface area contributed by atoms with Crippen LogP contribution in [0.15, 0.2) is 28.7 Å². The van der Waals surface area contributed by atoms with Crippen LogP contribution in [-0.2, 0) is 0 Å². The molecule has 2 rings (SSSR count). The summed E-state index contributed by atoms with van der Waals surface area (Å²) in [5.41, 5.74) is 0.734. The van der Waals surface area contributed by atoms with E-state index in [4.69, 9.17) is 12.2 Å². The zero-order chi connectivity index (χ0) is 13.1. The molecule has 1 amide bonds. The van der Waals surface area contributed by atoms with Crippen LogP contribution in [0.4, 0.5) is 4.79 Å². The maximum atomic E-state index is 11.1. The van der Waals surface area contributed by atoms with Crippen LogP contribution in [-0.4, -0.2) is 20.6 Å². The van der Waals surface area contributed by atoms with Crippen molar-refractivity contribution in [1.29, 1.82) is 0 Å². The van der Waals surface area contributed by atoms with Crippen LogP contribution in [0.5, 0.6) is 5.75 Å². The number of thiocarbonyl (C=S) groups is 1. The van der Waals surface area contributed by atoms with Crippen molar-refractivity contribution < 1.29 is 9.90 Å². The van der Waals surface area contributed by atoms with E-state index in [0.29, 0.717) is 11.4 Å². The number of carbonyl (C=O) groups is 1. The minimum atomic E-state index is -0.0938. The number of hydrogen-bond donors (Lipinski definition) is 2. The molecule has 1 aromatic carbocycles. The van der Waals surface area contributed by atoms with Gasteiger partial charge in [0.25, 0.3) is 5.24 Å². The lowest BCUT2D eigenvalue weighted by atomic mass is 10.1. The largest absolute Gasteiger partial charge is 0.507 e. The number of halogens is 1. The molecule has 1 aliphatic heterocycles. The average molecular weight is 344 g/mol. The van der Waals surface area contributed by atoms with Crippen molar-refractivity contribution in [3.8, 4) is 5.75 Å².